The third-order valence-corrected chi connectivity index (χ3v) is 6.00. The minimum Gasteiger partial charge on any atom is -0.490 e. The van der Waals surface area contributed by atoms with E-state index in [2.05, 4.69) is 10.6 Å². The molecule has 39 heavy (non-hydrogen) atoms. The molecule has 0 unspecified atom stereocenters. The second-order valence-corrected chi connectivity index (χ2v) is 9.17. The minimum atomic E-state index is -0.841. The number of hydrogen-bond donors (Lipinski definition) is 2. The van der Waals surface area contributed by atoms with Crippen molar-refractivity contribution in [2.24, 2.45) is 0 Å². The van der Waals surface area contributed by atoms with Crippen molar-refractivity contribution in [3.05, 3.63) is 87.9 Å². The lowest BCUT2D eigenvalue weighted by Crippen LogP contribution is -2.54. The summed E-state index contributed by atoms with van der Waals surface area (Å²) >= 11 is 6.47. The van der Waals surface area contributed by atoms with Gasteiger partial charge in [-0.3, -0.25) is 19.7 Å². The summed E-state index contributed by atoms with van der Waals surface area (Å²) in [4.78, 5) is 51.5. The number of barbiturate groups is 1. The van der Waals surface area contributed by atoms with E-state index in [9.17, 15) is 19.2 Å². The number of nitrogens with zero attached hydrogens (tertiary/aromatic N) is 1. The maximum Gasteiger partial charge on any atom is 0.335 e. The number of rotatable bonds is 8. The van der Waals surface area contributed by atoms with Gasteiger partial charge in [0.15, 0.2) is 18.1 Å². The first-order valence-corrected chi connectivity index (χ1v) is 12.5. The van der Waals surface area contributed by atoms with Gasteiger partial charge in [-0.2, -0.15) is 0 Å². The number of imide groups is 2. The molecule has 200 valence electrons. The summed E-state index contributed by atoms with van der Waals surface area (Å²) in [6, 6.07) is 16.2. The van der Waals surface area contributed by atoms with Crippen LogP contribution >= 0.6 is 11.6 Å². The molecule has 10 heteroatoms. The predicted molar refractivity (Wildman–Crippen MR) is 148 cm³/mol. The van der Waals surface area contributed by atoms with Crippen molar-refractivity contribution in [2.45, 2.75) is 20.8 Å². The average Bonchev–Trinajstić information content (AvgIpc) is 2.88. The molecule has 5 amide bonds. The van der Waals surface area contributed by atoms with Gasteiger partial charge in [-0.25, -0.2) is 9.69 Å². The van der Waals surface area contributed by atoms with Gasteiger partial charge in [0.05, 0.1) is 17.3 Å². The molecule has 2 N–H and O–H groups in total. The van der Waals surface area contributed by atoms with Crippen LogP contribution < -0.4 is 25.0 Å². The van der Waals surface area contributed by atoms with Gasteiger partial charge in [0, 0.05) is 5.69 Å². The summed E-state index contributed by atoms with van der Waals surface area (Å²) in [7, 11) is 0. The van der Waals surface area contributed by atoms with E-state index in [1.807, 2.05) is 26.0 Å². The van der Waals surface area contributed by atoms with Crippen molar-refractivity contribution in [3.63, 3.8) is 0 Å². The molecule has 3 aromatic carbocycles. The van der Waals surface area contributed by atoms with Crippen LogP contribution in [0.1, 0.15) is 23.6 Å². The van der Waals surface area contributed by atoms with Crippen LogP contribution in [0.2, 0.25) is 5.02 Å². The maximum absolute atomic E-state index is 13.2. The molecule has 0 aliphatic carbocycles. The number of carbonyl (C=O) groups is 4. The zero-order valence-electron chi connectivity index (χ0n) is 21.5. The van der Waals surface area contributed by atoms with Gasteiger partial charge in [-0.1, -0.05) is 47.0 Å². The van der Waals surface area contributed by atoms with Crippen LogP contribution in [-0.2, 0) is 14.4 Å². The number of aryl methyl sites for hydroxylation is 2. The topological polar surface area (TPSA) is 114 Å². The van der Waals surface area contributed by atoms with Crippen molar-refractivity contribution in [1.29, 1.82) is 0 Å². The van der Waals surface area contributed by atoms with Crippen molar-refractivity contribution >= 4 is 52.8 Å². The first-order valence-electron chi connectivity index (χ1n) is 12.1. The van der Waals surface area contributed by atoms with E-state index in [0.29, 0.717) is 16.9 Å². The molecule has 3 aromatic rings. The third kappa shape index (κ3) is 6.45. The van der Waals surface area contributed by atoms with Crippen molar-refractivity contribution in [1.82, 2.24) is 5.32 Å². The quantitative estimate of drug-likeness (QED) is 0.302. The number of hydrogen-bond acceptors (Lipinski definition) is 6. The molecule has 9 nitrogen and oxygen atoms in total. The standard InChI is InChI=1S/C29H26ClN3O6/c1-4-38-24-15-19(14-23(30)26(24)39-16-25(34)31-20-9-5-17(2)6-10-20)13-22-27(35)32-29(37)33(28(22)36)21-11-7-18(3)8-12-21/h5-15H,4,16H2,1-3H3,(H,31,34)(H,32,35,37)/b22-13+. The fourth-order valence-electron chi connectivity index (χ4n) is 3.80. The number of nitrogens with one attached hydrogen (secondary N) is 2. The fraction of sp³-hybridized carbons (Fsp3) is 0.172. The smallest absolute Gasteiger partial charge is 0.335 e. The van der Waals surface area contributed by atoms with Crippen molar-refractivity contribution < 1.29 is 28.7 Å². The van der Waals surface area contributed by atoms with Crippen molar-refractivity contribution in [2.75, 3.05) is 23.4 Å². The predicted octanol–water partition coefficient (Wildman–Crippen LogP) is 5.04. The van der Waals surface area contributed by atoms with E-state index in [1.54, 1.807) is 43.3 Å². The van der Waals surface area contributed by atoms with E-state index in [1.165, 1.54) is 18.2 Å². The SMILES string of the molecule is CCOc1cc(/C=C2\C(=O)NC(=O)N(c3ccc(C)cc3)C2=O)cc(Cl)c1OCC(=O)Nc1ccc(C)cc1. The molecule has 0 spiro atoms. The summed E-state index contributed by atoms with van der Waals surface area (Å²) in [5.41, 5.74) is 3.05. The number of urea groups is 1. The normalized spacial score (nSPS) is 14.3. The number of carbonyl (C=O) groups excluding carboxylic acids is 4. The molecule has 0 radical (unpaired) electrons. The highest BCUT2D eigenvalue weighted by atomic mass is 35.5. The molecule has 0 atom stereocenters. The first kappa shape index (κ1) is 27.4. The fourth-order valence-corrected chi connectivity index (χ4v) is 4.07. The third-order valence-electron chi connectivity index (χ3n) is 5.72. The lowest BCUT2D eigenvalue weighted by molar-refractivity contribution is -0.122. The largest absolute Gasteiger partial charge is 0.490 e. The van der Waals surface area contributed by atoms with Crippen LogP contribution in [0.25, 0.3) is 6.08 Å². The number of halogens is 1. The van der Waals surface area contributed by atoms with Crippen LogP contribution in [0.5, 0.6) is 11.5 Å². The number of anilines is 2. The van der Waals surface area contributed by atoms with Gasteiger partial charge in [-0.05, 0) is 68.8 Å². The van der Waals surface area contributed by atoms with Crippen LogP contribution in [0, 0.1) is 13.8 Å². The Bertz CT molecular complexity index is 1470. The highest BCUT2D eigenvalue weighted by Crippen LogP contribution is 2.37. The lowest BCUT2D eigenvalue weighted by atomic mass is 10.1. The minimum absolute atomic E-state index is 0.103. The van der Waals surface area contributed by atoms with Crippen LogP contribution in [0.15, 0.2) is 66.2 Å². The van der Waals surface area contributed by atoms with Gasteiger partial charge in [0.25, 0.3) is 17.7 Å². The summed E-state index contributed by atoms with van der Waals surface area (Å²) in [5, 5.41) is 5.03. The molecule has 0 bridgehead atoms. The molecule has 1 heterocycles. The Kier molecular flexibility index (Phi) is 8.31. The number of amides is 5. The molecule has 1 fully saturated rings. The first-order chi connectivity index (χ1) is 18.7. The zero-order valence-corrected chi connectivity index (χ0v) is 22.3. The lowest BCUT2D eigenvalue weighted by Gasteiger charge is -2.26. The molecule has 0 saturated carbocycles. The van der Waals surface area contributed by atoms with Crippen LogP contribution in [0.3, 0.4) is 0 Å². The van der Waals surface area contributed by atoms with Gasteiger partial charge in [-0.15, -0.1) is 0 Å². The number of benzene rings is 3. The molecule has 1 saturated heterocycles. The second-order valence-electron chi connectivity index (χ2n) is 8.76. The maximum atomic E-state index is 13.2. The molecule has 0 aromatic heterocycles. The molecular formula is C29H26ClN3O6. The van der Waals surface area contributed by atoms with Gasteiger partial charge in [0.2, 0.25) is 0 Å². The van der Waals surface area contributed by atoms with E-state index in [4.69, 9.17) is 21.1 Å². The van der Waals surface area contributed by atoms with Crippen molar-refractivity contribution in [3.8, 4) is 11.5 Å². The molecular weight excluding hydrogens is 522 g/mol. The number of ether oxygens (including phenoxy) is 2. The van der Waals surface area contributed by atoms with Gasteiger partial charge in [0.1, 0.15) is 5.57 Å². The van der Waals surface area contributed by atoms with E-state index >= 15 is 0 Å². The van der Waals surface area contributed by atoms with E-state index in [0.717, 1.165) is 16.0 Å². The summed E-state index contributed by atoms with van der Waals surface area (Å²) in [6.07, 6.45) is 1.31. The highest BCUT2D eigenvalue weighted by molar-refractivity contribution is 6.39. The second kappa shape index (κ2) is 11.8. The summed E-state index contributed by atoms with van der Waals surface area (Å²) < 4.78 is 11.3. The Morgan fingerprint density at radius 3 is 2.26 bits per heavy atom. The summed E-state index contributed by atoms with van der Waals surface area (Å²) in [6.45, 7) is 5.51. The zero-order chi connectivity index (χ0) is 28.1. The Balaban J connectivity index is 1.57. The Hall–Kier alpha value is -4.63. The summed E-state index contributed by atoms with van der Waals surface area (Å²) in [5.74, 6) is -1.66. The Morgan fingerprint density at radius 2 is 1.62 bits per heavy atom. The highest BCUT2D eigenvalue weighted by Gasteiger charge is 2.36. The van der Waals surface area contributed by atoms with Crippen LogP contribution in [-0.4, -0.2) is 37.0 Å². The Morgan fingerprint density at radius 1 is 0.974 bits per heavy atom. The molecule has 1 aliphatic heterocycles. The Labute approximate surface area is 230 Å². The average molecular weight is 548 g/mol. The molecule has 1 aliphatic rings. The van der Waals surface area contributed by atoms with Gasteiger partial charge >= 0.3 is 6.03 Å². The monoisotopic (exact) mass is 547 g/mol. The molecule has 4 rings (SSSR count). The van der Waals surface area contributed by atoms with Crippen LogP contribution in [0.4, 0.5) is 16.2 Å². The van der Waals surface area contributed by atoms with E-state index in [-0.39, 0.29) is 35.3 Å². The van der Waals surface area contributed by atoms with Gasteiger partial charge < -0.3 is 14.8 Å². The van der Waals surface area contributed by atoms with E-state index < -0.39 is 23.8 Å².